The molecular formula is C19H14Cl2N6O2S2. The summed E-state index contributed by atoms with van der Waals surface area (Å²) in [5.41, 5.74) is 12.6. The zero-order valence-electron chi connectivity index (χ0n) is 15.6. The van der Waals surface area contributed by atoms with Crippen LogP contribution in [0.1, 0.15) is 5.01 Å². The van der Waals surface area contributed by atoms with E-state index in [0.29, 0.717) is 32.0 Å². The summed E-state index contributed by atoms with van der Waals surface area (Å²) in [6, 6.07) is 13.0. The number of guanidine groups is 1. The highest BCUT2D eigenvalue weighted by Gasteiger charge is 2.13. The van der Waals surface area contributed by atoms with Crippen molar-refractivity contribution in [3.63, 3.8) is 0 Å². The highest BCUT2D eigenvalue weighted by molar-refractivity contribution is 7.90. The summed E-state index contributed by atoms with van der Waals surface area (Å²) >= 11 is 13.3. The molecule has 0 aliphatic heterocycles. The van der Waals surface area contributed by atoms with Crippen LogP contribution in [0, 0.1) is 11.3 Å². The van der Waals surface area contributed by atoms with E-state index in [0.717, 1.165) is 5.56 Å². The van der Waals surface area contributed by atoms with Crippen LogP contribution in [-0.2, 0) is 10.0 Å². The molecule has 0 spiro atoms. The SMILES string of the molecule is N#CC(=CNc1ccc(S(=O)(=O)N=C(N)N)cc1)c1nc(-c2ccc(Cl)c(Cl)c2)cs1. The average Bonchev–Trinajstić information content (AvgIpc) is 3.20. The van der Waals surface area contributed by atoms with Gasteiger partial charge >= 0.3 is 0 Å². The van der Waals surface area contributed by atoms with Gasteiger partial charge in [0.25, 0.3) is 10.0 Å². The van der Waals surface area contributed by atoms with Crippen molar-refractivity contribution < 1.29 is 8.42 Å². The molecule has 0 saturated heterocycles. The molecule has 12 heteroatoms. The maximum absolute atomic E-state index is 12.0. The van der Waals surface area contributed by atoms with Gasteiger partial charge in [-0.05, 0) is 36.4 Å². The Hall–Kier alpha value is -3.10. The molecule has 3 rings (SSSR count). The summed E-state index contributed by atoms with van der Waals surface area (Å²) in [6.07, 6.45) is 1.48. The monoisotopic (exact) mass is 492 g/mol. The van der Waals surface area contributed by atoms with Crippen LogP contribution in [0.4, 0.5) is 5.69 Å². The van der Waals surface area contributed by atoms with E-state index in [-0.39, 0.29) is 4.90 Å². The number of nitrogens with one attached hydrogen (secondary N) is 1. The number of benzene rings is 2. The molecule has 0 aliphatic carbocycles. The summed E-state index contributed by atoms with van der Waals surface area (Å²) in [5.74, 6) is -0.549. The van der Waals surface area contributed by atoms with E-state index < -0.39 is 16.0 Å². The van der Waals surface area contributed by atoms with Gasteiger partial charge in [0.1, 0.15) is 16.6 Å². The van der Waals surface area contributed by atoms with Gasteiger partial charge in [-0.1, -0.05) is 29.3 Å². The number of allylic oxidation sites excluding steroid dienone is 1. The van der Waals surface area contributed by atoms with Gasteiger partial charge in [0, 0.05) is 22.8 Å². The van der Waals surface area contributed by atoms with Crippen LogP contribution in [0.3, 0.4) is 0 Å². The van der Waals surface area contributed by atoms with Crippen LogP contribution >= 0.6 is 34.5 Å². The van der Waals surface area contributed by atoms with E-state index >= 15 is 0 Å². The van der Waals surface area contributed by atoms with E-state index in [9.17, 15) is 13.7 Å². The molecule has 3 aromatic rings. The number of halogens is 2. The maximum Gasteiger partial charge on any atom is 0.285 e. The fraction of sp³-hybridized carbons (Fsp3) is 0. The Morgan fingerprint density at radius 1 is 1.16 bits per heavy atom. The third-order valence-corrected chi connectivity index (χ3v) is 6.77. The van der Waals surface area contributed by atoms with Crippen molar-refractivity contribution >= 4 is 61.8 Å². The molecule has 0 fully saturated rings. The topological polar surface area (TPSA) is 147 Å². The van der Waals surface area contributed by atoms with Gasteiger partial charge in [-0.3, -0.25) is 0 Å². The lowest BCUT2D eigenvalue weighted by atomic mass is 10.2. The maximum atomic E-state index is 12.0. The lowest BCUT2D eigenvalue weighted by Gasteiger charge is -2.04. The second-order valence-corrected chi connectivity index (χ2v) is 9.27. The third kappa shape index (κ3) is 5.53. The molecule has 1 aromatic heterocycles. The zero-order valence-corrected chi connectivity index (χ0v) is 18.7. The first kappa shape index (κ1) is 22.6. The van der Waals surface area contributed by atoms with E-state index in [1.54, 1.807) is 18.2 Å². The van der Waals surface area contributed by atoms with Crippen LogP contribution in [0.25, 0.3) is 16.8 Å². The predicted molar refractivity (Wildman–Crippen MR) is 124 cm³/mol. The molecular weight excluding hydrogens is 479 g/mol. The van der Waals surface area contributed by atoms with Crippen LogP contribution in [0.5, 0.6) is 0 Å². The van der Waals surface area contributed by atoms with Crippen LogP contribution < -0.4 is 16.8 Å². The standard InChI is InChI=1S/C19H14Cl2N6O2S2/c20-15-6-1-11(7-16(15)21)17-10-30-18(26-17)12(8-22)9-25-13-2-4-14(5-3-13)31(28,29)27-19(23)24/h1-7,9-10,25H,(H4,23,24,27). The third-order valence-electron chi connectivity index (χ3n) is 3.83. The summed E-state index contributed by atoms with van der Waals surface area (Å²) in [4.78, 5) is 4.41. The number of hydrogen-bond acceptors (Lipinski definition) is 6. The first-order valence-electron chi connectivity index (χ1n) is 8.44. The number of rotatable bonds is 6. The van der Waals surface area contributed by atoms with Gasteiger partial charge in [-0.15, -0.1) is 15.7 Å². The molecule has 1 heterocycles. The van der Waals surface area contributed by atoms with Crippen molar-refractivity contribution in [3.05, 3.63) is 69.1 Å². The Morgan fingerprint density at radius 2 is 1.87 bits per heavy atom. The summed E-state index contributed by atoms with van der Waals surface area (Å²) in [7, 11) is -3.97. The Kier molecular flexibility index (Phi) is 6.82. The number of hydrogen-bond donors (Lipinski definition) is 3. The molecule has 31 heavy (non-hydrogen) atoms. The largest absolute Gasteiger partial charge is 0.369 e. The second-order valence-electron chi connectivity index (χ2n) is 6.00. The zero-order chi connectivity index (χ0) is 22.6. The number of nitriles is 1. The van der Waals surface area contributed by atoms with Gasteiger partial charge in [-0.2, -0.15) is 13.7 Å². The Labute approximate surface area is 192 Å². The van der Waals surface area contributed by atoms with Crippen molar-refractivity contribution in [1.82, 2.24) is 4.98 Å². The van der Waals surface area contributed by atoms with Crippen LogP contribution in [0.15, 0.2) is 63.3 Å². The van der Waals surface area contributed by atoms with Gasteiger partial charge in [-0.25, -0.2) is 4.98 Å². The molecule has 0 atom stereocenters. The van der Waals surface area contributed by atoms with Crippen molar-refractivity contribution in [2.24, 2.45) is 15.9 Å². The molecule has 0 saturated carbocycles. The number of aromatic nitrogens is 1. The quantitative estimate of drug-likeness (QED) is 0.267. The van der Waals surface area contributed by atoms with Gasteiger partial charge in [0.05, 0.1) is 20.6 Å². The molecule has 5 N–H and O–H groups in total. The molecule has 8 nitrogen and oxygen atoms in total. The Bertz CT molecular complexity index is 1320. The normalized spacial score (nSPS) is 11.6. The van der Waals surface area contributed by atoms with E-state index in [1.807, 2.05) is 5.38 Å². The number of anilines is 1. The summed E-state index contributed by atoms with van der Waals surface area (Å²) < 4.78 is 27.2. The minimum atomic E-state index is -3.97. The average molecular weight is 493 g/mol. The van der Waals surface area contributed by atoms with Crippen molar-refractivity contribution in [3.8, 4) is 17.3 Å². The number of nitrogens with zero attached hydrogens (tertiary/aromatic N) is 3. The Morgan fingerprint density at radius 3 is 2.48 bits per heavy atom. The van der Waals surface area contributed by atoms with Crippen molar-refractivity contribution in [2.75, 3.05) is 5.32 Å². The van der Waals surface area contributed by atoms with E-state index in [1.165, 1.54) is 41.8 Å². The van der Waals surface area contributed by atoms with E-state index in [2.05, 4.69) is 20.8 Å². The minimum absolute atomic E-state index is 0.0675. The minimum Gasteiger partial charge on any atom is -0.369 e. The number of thiazole rings is 1. The fourth-order valence-electron chi connectivity index (χ4n) is 2.40. The molecule has 0 amide bonds. The number of sulfonamides is 1. The molecule has 0 unspecified atom stereocenters. The Balaban J connectivity index is 1.79. The van der Waals surface area contributed by atoms with E-state index in [4.69, 9.17) is 34.7 Å². The van der Waals surface area contributed by atoms with Crippen molar-refractivity contribution in [1.29, 1.82) is 5.26 Å². The lowest BCUT2D eigenvalue weighted by molar-refractivity contribution is 0.598. The second kappa shape index (κ2) is 9.36. The predicted octanol–water partition coefficient (Wildman–Crippen LogP) is 4.06. The lowest BCUT2D eigenvalue weighted by Crippen LogP contribution is -2.24. The molecule has 0 bridgehead atoms. The van der Waals surface area contributed by atoms with Gasteiger partial charge in [0.15, 0.2) is 0 Å². The fourth-order valence-corrected chi connectivity index (χ4v) is 4.35. The van der Waals surface area contributed by atoms with Gasteiger partial charge in [0.2, 0.25) is 5.96 Å². The molecule has 0 aliphatic rings. The molecule has 0 radical (unpaired) electrons. The summed E-state index contributed by atoms with van der Waals surface area (Å²) in [6.45, 7) is 0. The first-order chi connectivity index (χ1) is 14.7. The van der Waals surface area contributed by atoms with Crippen molar-refractivity contribution in [2.45, 2.75) is 4.90 Å². The number of nitrogens with two attached hydrogens (primary N) is 2. The summed E-state index contributed by atoms with van der Waals surface area (Å²) in [5, 5.41) is 15.6. The molecule has 158 valence electrons. The highest BCUT2D eigenvalue weighted by Crippen LogP contribution is 2.31. The van der Waals surface area contributed by atoms with Crippen LogP contribution in [0.2, 0.25) is 10.0 Å². The molecule has 2 aromatic carbocycles. The van der Waals surface area contributed by atoms with Gasteiger partial charge < -0.3 is 16.8 Å². The highest BCUT2D eigenvalue weighted by atomic mass is 35.5. The first-order valence-corrected chi connectivity index (χ1v) is 11.5. The smallest absolute Gasteiger partial charge is 0.285 e. The van der Waals surface area contributed by atoms with Crippen LogP contribution in [-0.4, -0.2) is 19.4 Å².